The number of carbonyl (C=O) groups excluding carboxylic acids is 1. The quantitative estimate of drug-likeness (QED) is 0.311. The minimum atomic E-state index is -2.89. The summed E-state index contributed by atoms with van der Waals surface area (Å²) in [7, 11) is 0. The second-order valence-corrected chi connectivity index (χ2v) is 7.33. The molecule has 0 spiro atoms. The lowest BCUT2D eigenvalue weighted by molar-refractivity contribution is -0.116. The van der Waals surface area contributed by atoms with Crippen LogP contribution in [0.25, 0.3) is 0 Å². The molecule has 0 bridgehead atoms. The van der Waals surface area contributed by atoms with Crippen molar-refractivity contribution < 1.29 is 23.0 Å². The summed E-state index contributed by atoms with van der Waals surface area (Å²) in [5, 5.41) is 9.14. The van der Waals surface area contributed by atoms with E-state index in [2.05, 4.69) is 25.7 Å². The first-order chi connectivity index (χ1) is 15.4. The Hall–Kier alpha value is -3.36. The predicted molar refractivity (Wildman–Crippen MR) is 120 cm³/mol. The van der Waals surface area contributed by atoms with Crippen molar-refractivity contribution in [2.75, 3.05) is 25.0 Å². The molecule has 1 amide bonds. The number of nitrogens with one attached hydrogen (secondary N) is 3. The fraction of sp³-hybridized carbons (Fsp3) is 0.391. The Morgan fingerprint density at radius 3 is 2.81 bits per heavy atom. The van der Waals surface area contributed by atoms with Gasteiger partial charge in [0.1, 0.15) is 18.1 Å². The van der Waals surface area contributed by atoms with E-state index < -0.39 is 6.61 Å². The number of benzene rings is 2. The zero-order valence-electron chi connectivity index (χ0n) is 18.2. The van der Waals surface area contributed by atoms with Gasteiger partial charge in [0.2, 0.25) is 5.91 Å². The van der Waals surface area contributed by atoms with Crippen LogP contribution in [0.15, 0.2) is 41.4 Å². The number of rotatable bonds is 9. The average molecular weight is 446 g/mol. The molecule has 2 aromatic carbocycles. The highest BCUT2D eigenvalue weighted by molar-refractivity contribution is 5.94. The fourth-order valence-electron chi connectivity index (χ4n) is 3.34. The van der Waals surface area contributed by atoms with Crippen LogP contribution in [-0.2, 0) is 17.8 Å². The van der Waals surface area contributed by atoms with Crippen molar-refractivity contribution in [3.05, 3.63) is 53.1 Å². The lowest BCUT2D eigenvalue weighted by Crippen LogP contribution is -2.39. The highest BCUT2D eigenvalue weighted by atomic mass is 19.3. The predicted octanol–water partition coefficient (Wildman–Crippen LogP) is 3.62. The smallest absolute Gasteiger partial charge is 0.387 e. The molecule has 1 heterocycles. The number of hydrogen-bond acceptors (Lipinski definition) is 4. The Balaban J connectivity index is 1.54. The number of aryl methyl sites for hydroxylation is 2. The molecule has 0 radical (unpaired) electrons. The zero-order valence-corrected chi connectivity index (χ0v) is 18.2. The summed E-state index contributed by atoms with van der Waals surface area (Å²) < 4.78 is 35.7. The number of alkyl halides is 2. The highest BCUT2D eigenvalue weighted by Gasteiger charge is 2.15. The molecule has 1 aliphatic heterocycles. The lowest BCUT2D eigenvalue weighted by Gasteiger charge is -2.18. The molecule has 172 valence electrons. The Morgan fingerprint density at radius 2 is 2.03 bits per heavy atom. The van der Waals surface area contributed by atoms with Gasteiger partial charge in [-0.2, -0.15) is 8.78 Å². The number of halogens is 2. The molecule has 3 rings (SSSR count). The Kier molecular flexibility index (Phi) is 8.24. The highest BCUT2D eigenvalue weighted by Crippen LogP contribution is 2.26. The molecule has 3 N–H and O–H groups in total. The molecule has 0 saturated carbocycles. The fourth-order valence-corrected chi connectivity index (χ4v) is 3.34. The Labute approximate surface area is 186 Å². The first-order valence-corrected chi connectivity index (χ1v) is 10.6. The van der Waals surface area contributed by atoms with Crippen molar-refractivity contribution in [2.24, 2.45) is 4.99 Å². The van der Waals surface area contributed by atoms with Crippen LogP contribution >= 0.6 is 0 Å². The van der Waals surface area contributed by atoms with Crippen LogP contribution in [0.5, 0.6) is 11.5 Å². The monoisotopic (exact) mass is 446 g/mol. The molecule has 7 nitrogen and oxygen atoms in total. The van der Waals surface area contributed by atoms with Crippen LogP contribution in [0.1, 0.15) is 30.0 Å². The van der Waals surface area contributed by atoms with Crippen molar-refractivity contribution in [2.45, 2.75) is 39.8 Å². The molecule has 0 saturated heterocycles. The SMILES string of the molecule is CCNC(=NCc1cc(C)ccc1OC(F)F)NCCOc1ccc2c(c1)CCC(=O)N2. The molecule has 0 aliphatic carbocycles. The van der Waals surface area contributed by atoms with Crippen molar-refractivity contribution in [3.8, 4) is 11.5 Å². The van der Waals surface area contributed by atoms with Crippen LogP contribution in [-0.4, -0.2) is 38.2 Å². The second-order valence-electron chi connectivity index (χ2n) is 7.33. The maximum absolute atomic E-state index is 12.7. The van der Waals surface area contributed by atoms with E-state index in [1.54, 1.807) is 12.1 Å². The van der Waals surface area contributed by atoms with Gasteiger partial charge in [-0.25, -0.2) is 4.99 Å². The van der Waals surface area contributed by atoms with Crippen molar-refractivity contribution in [1.29, 1.82) is 0 Å². The summed E-state index contributed by atoms with van der Waals surface area (Å²) in [6.07, 6.45) is 1.18. The number of guanidine groups is 1. The molecule has 0 fully saturated rings. The number of hydrogen-bond donors (Lipinski definition) is 3. The van der Waals surface area contributed by atoms with E-state index in [4.69, 9.17) is 4.74 Å². The van der Waals surface area contributed by atoms with Gasteiger partial charge in [-0.3, -0.25) is 4.79 Å². The number of anilines is 1. The summed E-state index contributed by atoms with van der Waals surface area (Å²) in [5.74, 6) is 1.44. The normalized spacial score (nSPS) is 13.4. The topological polar surface area (TPSA) is 84.0 Å². The lowest BCUT2D eigenvalue weighted by atomic mass is 10.0. The number of ether oxygens (including phenoxy) is 2. The van der Waals surface area contributed by atoms with Crippen LogP contribution in [0, 0.1) is 6.92 Å². The summed E-state index contributed by atoms with van der Waals surface area (Å²) in [6.45, 7) is 2.68. The van der Waals surface area contributed by atoms with Gasteiger partial charge in [-0.1, -0.05) is 17.7 Å². The summed E-state index contributed by atoms with van der Waals surface area (Å²) in [6, 6.07) is 10.7. The molecule has 32 heavy (non-hydrogen) atoms. The molecule has 2 aromatic rings. The molecule has 0 aromatic heterocycles. The summed E-state index contributed by atoms with van der Waals surface area (Å²) >= 11 is 0. The first-order valence-electron chi connectivity index (χ1n) is 10.6. The van der Waals surface area contributed by atoms with Gasteiger partial charge >= 0.3 is 6.61 Å². The number of nitrogens with zero attached hydrogens (tertiary/aromatic N) is 1. The summed E-state index contributed by atoms with van der Waals surface area (Å²) in [5.41, 5.74) is 3.41. The van der Waals surface area contributed by atoms with Crippen LogP contribution in [0.3, 0.4) is 0 Å². The number of carbonyl (C=O) groups is 1. The van der Waals surface area contributed by atoms with Crippen LogP contribution in [0.2, 0.25) is 0 Å². The van der Waals surface area contributed by atoms with Gasteiger partial charge < -0.3 is 25.4 Å². The van der Waals surface area contributed by atoms with Crippen LogP contribution in [0.4, 0.5) is 14.5 Å². The van der Waals surface area contributed by atoms with Crippen molar-refractivity contribution >= 4 is 17.6 Å². The van der Waals surface area contributed by atoms with Crippen molar-refractivity contribution in [3.63, 3.8) is 0 Å². The van der Waals surface area contributed by atoms with Crippen molar-refractivity contribution in [1.82, 2.24) is 10.6 Å². The van der Waals surface area contributed by atoms with Gasteiger partial charge in [-0.15, -0.1) is 0 Å². The standard InChI is InChI=1S/C23H28F2N4O3/c1-3-26-23(28-14-17-12-15(2)4-8-20(17)32-22(24)25)27-10-11-31-18-6-7-19-16(13-18)5-9-21(30)29-19/h4,6-8,12-13,22H,3,5,9-11,14H2,1-2H3,(H,29,30)(H2,26,27,28). The molecule has 9 heteroatoms. The minimum Gasteiger partial charge on any atom is -0.492 e. The molecule has 0 atom stereocenters. The van der Waals surface area contributed by atoms with E-state index in [9.17, 15) is 13.6 Å². The molecule has 0 unspecified atom stereocenters. The van der Waals surface area contributed by atoms with Crippen LogP contribution < -0.4 is 25.4 Å². The van der Waals surface area contributed by atoms with E-state index in [0.717, 1.165) is 22.6 Å². The van der Waals surface area contributed by atoms with Gasteiger partial charge in [0.15, 0.2) is 5.96 Å². The molecule has 1 aliphatic rings. The van der Waals surface area contributed by atoms with E-state index >= 15 is 0 Å². The van der Waals surface area contributed by atoms with Gasteiger partial charge in [-0.05, 0) is 50.1 Å². The number of fused-ring (bicyclic) bond motifs is 1. The second kappa shape index (κ2) is 11.3. The largest absolute Gasteiger partial charge is 0.492 e. The number of aliphatic imine (C=N–C) groups is 1. The maximum Gasteiger partial charge on any atom is 0.387 e. The first kappa shape index (κ1) is 23.3. The third-order valence-electron chi connectivity index (χ3n) is 4.82. The van der Waals surface area contributed by atoms with E-state index in [1.807, 2.05) is 32.0 Å². The number of amides is 1. The maximum atomic E-state index is 12.7. The van der Waals surface area contributed by atoms with E-state index in [0.29, 0.717) is 44.1 Å². The third-order valence-corrected chi connectivity index (χ3v) is 4.82. The summed E-state index contributed by atoms with van der Waals surface area (Å²) in [4.78, 5) is 15.9. The van der Waals surface area contributed by atoms with Gasteiger partial charge in [0.05, 0.1) is 13.1 Å². The zero-order chi connectivity index (χ0) is 22.9. The molecular weight excluding hydrogens is 418 g/mol. The Bertz CT molecular complexity index is 966. The van der Waals surface area contributed by atoms with Gasteiger partial charge in [0.25, 0.3) is 0 Å². The molecular formula is C23H28F2N4O3. The third kappa shape index (κ3) is 6.83. The minimum absolute atomic E-state index is 0.0316. The Morgan fingerprint density at radius 1 is 1.19 bits per heavy atom. The van der Waals surface area contributed by atoms with E-state index in [1.165, 1.54) is 6.07 Å². The average Bonchev–Trinajstić information content (AvgIpc) is 2.76. The van der Waals surface area contributed by atoms with E-state index in [-0.39, 0.29) is 18.2 Å². The van der Waals surface area contributed by atoms with Gasteiger partial charge in [0, 0.05) is 24.2 Å².